The number of thiophene rings is 1. The fourth-order valence-electron chi connectivity index (χ4n) is 4.21. The van der Waals surface area contributed by atoms with Gasteiger partial charge in [0.05, 0.1) is 18.5 Å². The molecule has 1 aromatic carbocycles. The van der Waals surface area contributed by atoms with E-state index in [1.54, 1.807) is 18.4 Å². The van der Waals surface area contributed by atoms with E-state index in [-0.39, 0.29) is 12.2 Å². The second kappa shape index (κ2) is 10.6. The molecule has 0 saturated heterocycles. The summed E-state index contributed by atoms with van der Waals surface area (Å²) in [6, 6.07) is 7.75. The molecule has 7 nitrogen and oxygen atoms in total. The Morgan fingerprint density at radius 3 is 2.91 bits per heavy atom. The molecule has 172 valence electrons. The lowest BCUT2D eigenvalue weighted by Gasteiger charge is -2.24. The van der Waals surface area contributed by atoms with Gasteiger partial charge in [-0.3, -0.25) is 9.69 Å². The molecule has 0 fully saturated rings. The molecule has 3 aromatic rings. The summed E-state index contributed by atoms with van der Waals surface area (Å²) in [7, 11) is 1.65. The fourth-order valence-corrected chi connectivity index (χ4v) is 5.49. The Hall–Kier alpha value is -2.26. The van der Waals surface area contributed by atoms with Gasteiger partial charge in [0.2, 0.25) is 0 Å². The number of hydrogen-bond acceptors (Lipinski definition) is 7. The molecule has 0 spiro atoms. The van der Waals surface area contributed by atoms with Crippen LogP contribution < -0.4 is 10.3 Å². The van der Waals surface area contributed by atoms with E-state index in [9.17, 15) is 9.90 Å². The van der Waals surface area contributed by atoms with E-state index in [1.165, 1.54) is 16.9 Å². The van der Waals surface area contributed by atoms with E-state index < -0.39 is 6.10 Å². The highest BCUT2D eigenvalue weighted by Gasteiger charge is 2.21. The quantitative estimate of drug-likeness (QED) is 0.487. The number of aromatic nitrogens is 2. The van der Waals surface area contributed by atoms with Crippen LogP contribution in [0.5, 0.6) is 5.75 Å². The van der Waals surface area contributed by atoms with Gasteiger partial charge < -0.3 is 19.6 Å². The summed E-state index contributed by atoms with van der Waals surface area (Å²) in [6.45, 7) is 4.12. The number of H-pyrrole nitrogens is 1. The van der Waals surface area contributed by atoms with Gasteiger partial charge in [0.1, 0.15) is 29.1 Å². The molecule has 4 rings (SSSR count). The predicted molar refractivity (Wildman–Crippen MR) is 127 cm³/mol. The van der Waals surface area contributed by atoms with Crippen LogP contribution in [-0.4, -0.2) is 59.5 Å². The number of aliphatic hydroxyl groups excluding tert-OH is 1. The third kappa shape index (κ3) is 5.38. The fraction of sp³-hybridized carbons (Fsp3) is 0.500. The lowest BCUT2D eigenvalue weighted by atomic mass is 9.97. The molecule has 0 amide bonds. The van der Waals surface area contributed by atoms with Crippen molar-refractivity contribution in [1.29, 1.82) is 0 Å². The number of nitrogens with one attached hydrogen (secondary N) is 1. The first kappa shape index (κ1) is 22.9. The number of benzene rings is 1. The molecule has 8 heteroatoms. The molecule has 2 aromatic heterocycles. The Bertz CT molecular complexity index is 1110. The van der Waals surface area contributed by atoms with Crippen molar-refractivity contribution >= 4 is 21.6 Å². The molecule has 0 radical (unpaired) electrons. The summed E-state index contributed by atoms with van der Waals surface area (Å²) >= 11 is 1.65. The normalized spacial score (nSPS) is 14.6. The van der Waals surface area contributed by atoms with Gasteiger partial charge in [-0.2, -0.15) is 0 Å². The highest BCUT2D eigenvalue weighted by molar-refractivity contribution is 7.18. The Morgan fingerprint density at radius 2 is 2.09 bits per heavy atom. The van der Waals surface area contributed by atoms with Crippen molar-refractivity contribution in [2.24, 2.45) is 0 Å². The van der Waals surface area contributed by atoms with Crippen molar-refractivity contribution in [2.75, 3.05) is 33.4 Å². The Balaban J connectivity index is 1.45. The van der Waals surface area contributed by atoms with Crippen molar-refractivity contribution in [3.8, 4) is 5.75 Å². The second-order valence-corrected chi connectivity index (χ2v) is 9.45. The average molecular weight is 458 g/mol. The third-order valence-electron chi connectivity index (χ3n) is 5.85. The zero-order valence-electron chi connectivity index (χ0n) is 18.7. The third-order valence-corrected chi connectivity index (χ3v) is 7.04. The minimum Gasteiger partial charge on any atom is -0.491 e. The zero-order chi connectivity index (χ0) is 22.5. The summed E-state index contributed by atoms with van der Waals surface area (Å²) in [5.74, 6) is 1.39. The Kier molecular flexibility index (Phi) is 7.57. The van der Waals surface area contributed by atoms with Crippen molar-refractivity contribution in [2.45, 2.75) is 45.3 Å². The molecule has 1 aliphatic carbocycles. The average Bonchev–Trinajstić information content (AvgIpc) is 3.15. The van der Waals surface area contributed by atoms with E-state index in [0.717, 1.165) is 40.8 Å². The number of hydrogen-bond donors (Lipinski definition) is 2. The summed E-state index contributed by atoms with van der Waals surface area (Å²) in [5.41, 5.74) is 2.17. The standard InChI is InChI=1S/C24H31N3O4S/c1-16-7-3-5-9-19(16)31-15-17(28)13-27(11-12-30-2)14-21-25-23(29)22-18-8-4-6-10-20(18)32-24(22)26-21/h3,5,7,9,17,28H,4,6,8,10-15H2,1-2H3,(H,25,26,29). The van der Waals surface area contributed by atoms with Gasteiger partial charge in [0.25, 0.3) is 5.56 Å². The van der Waals surface area contributed by atoms with Crippen LogP contribution in [0.4, 0.5) is 0 Å². The monoisotopic (exact) mass is 457 g/mol. The van der Waals surface area contributed by atoms with E-state index in [1.807, 2.05) is 36.1 Å². The Labute approximate surface area is 192 Å². The molecule has 32 heavy (non-hydrogen) atoms. The van der Waals surface area contributed by atoms with Gasteiger partial charge in [-0.1, -0.05) is 18.2 Å². The van der Waals surface area contributed by atoms with Crippen LogP contribution in [0.1, 0.15) is 34.7 Å². The number of aryl methyl sites for hydroxylation is 3. The van der Waals surface area contributed by atoms with Crippen LogP contribution in [0.25, 0.3) is 10.2 Å². The smallest absolute Gasteiger partial charge is 0.259 e. The molecule has 1 atom stereocenters. The first-order valence-corrected chi connectivity index (χ1v) is 12.0. The van der Waals surface area contributed by atoms with Gasteiger partial charge in [0.15, 0.2) is 0 Å². The molecule has 0 bridgehead atoms. The van der Waals surface area contributed by atoms with Gasteiger partial charge in [-0.05, 0) is 49.8 Å². The molecule has 0 aliphatic heterocycles. The summed E-state index contributed by atoms with van der Waals surface area (Å²) < 4.78 is 11.0. The molecule has 2 heterocycles. The molecular weight excluding hydrogens is 426 g/mol. The number of aliphatic hydroxyl groups is 1. The molecule has 0 saturated carbocycles. The molecule has 1 aliphatic rings. The predicted octanol–water partition coefficient (Wildman–Crippen LogP) is 3.06. The van der Waals surface area contributed by atoms with Crippen LogP contribution in [0.2, 0.25) is 0 Å². The van der Waals surface area contributed by atoms with Crippen molar-refractivity contribution in [1.82, 2.24) is 14.9 Å². The maximum atomic E-state index is 12.8. The number of nitrogens with zero attached hydrogens (tertiary/aromatic N) is 2. The lowest BCUT2D eigenvalue weighted by Crippen LogP contribution is -2.38. The van der Waals surface area contributed by atoms with Crippen LogP contribution in [0.15, 0.2) is 29.1 Å². The number of aromatic amines is 1. The topological polar surface area (TPSA) is 87.7 Å². The minimum atomic E-state index is -0.684. The van der Waals surface area contributed by atoms with Crippen LogP contribution in [0, 0.1) is 6.92 Å². The van der Waals surface area contributed by atoms with Gasteiger partial charge in [0, 0.05) is 25.1 Å². The SMILES string of the molecule is COCCN(Cc1nc2sc3c(c2c(=O)[nH]1)CCCC3)CC(O)COc1ccccc1C. The molecular formula is C24H31N3O4S. The van der Waals surface area contributed by atoms with E-state index in [2.05, 4.69) is 4.98 Å². The van der Waals surface area contributed by atoms with Gasteiger partial charge in [-0.25, -0.2) is 4.98 Å². The maximum absolute atomic E-state index is 12.8. The van der Waals surface area contributed by atoms with Crippen molar-refractivity contribution in [3.63, 3.8) is 0 Å². The van der Waals surface area contributed by atoms with Crippen LogP contribution >= 0.6 is 11.3 Å². The van der Waals surface area contributed by atoms with E-state index >= 15 is 0 Å². The largest absolute Gasteiger partial charge is 0.491 e. The van der Waals surface area contributed by atoms with Crippen LogP contribution in [0.3, 0.4) is 0 Å². The van der Waals surface area contributed by atoms with Crippen molar-refractivity contribution in [3.05, 3.63) is 56.4 Å². The number of ether oxygens (including phenoxy) is 2. The first-order chi connectivity index (χ1) is 15.5. The minimum absolute atomic E-state index is 0.0560. The van der Waals surface area contributed by atoms with E-state index in [0.29, 0.717) is 32.1 Å². The maximum Gasteiger partial charge on any atom is 0.259 e. The molecule has 1 unspecified atom stereocenters. The highest BCUT2D eigenvalue weighted by atomic mass is 32.1. The van der Waals surface area contributed by atoms with E-state index in [4.69, 9.17) is 14.5 Å². The van der Waals surface area contributed by atoms with Gasteiger partial charge in [-0.15, -0.1) is 11.3 Å². The van der Waals surface area contributed by atoms with Gasteiger partial charge >= 0.3 is 0 Å². The zero-order valence-corrected chi connectivity index (χ0v) is 19.5. The number of para-hydroxylation sites is 1. The molecule has 2 N–H and O–H groups in total. The van der Waals surface area contributed by atoms with Crippen molar-refractivity contribution < 1.29 is 14.6 Å². The number of methoxy groups -OCH3 is 1. The highest BCUT2D eigenvalue weighted by Crippen LogP contribution is 2.33. The number of fused-ring (bicyclic) bond motifs is 3. The summed E-state index contributed by atoms with van der Waals surface area (Å²) in [5, 5.41) is 11.4. The summed E-state index contributed by atoms with van der Waals surface area (Å²) in [4.78, 5) is 24.8. The summed E-state index contributed by atoms with van der Waals surface area (Å²) in [6.07, 6.45) is 3.63. The second-order valence-electron chi connectivity index (χ2n) is 8.36. The Morgan fingerprint density at radius 1 is 1.28 bits per heavy atom. The lowest BCUT2D eigenvalue weighted by molar-refractivity contribution is 0.0531. The first-order valence-electron chi connectivity index (χ1n) is 11.2. The van der Waals surface area contributed by atoms with Crippen LogP contribution in [-0.2, 0) is 24.1 Å². The number of rotatable bonds is 10.